The molecule has 0 aromatic heterocycles. The fourth-order valence-corrected chi connectivity index (χ4v) is 1.86. The van der Waals surface area contributed by atoms with Gasteiger partial charge in [0.25, 0.3) is 0 Å². The Morgan fingerprint density at radius 3 is 1.56 bits per heavy atom. The summed E-state index contributed by atoms with van der Waals surface area (Å²) in [4.78, 5) is 11.5. The maximum Gasteiger partial charge on any atom is 0.155 e. The van der Waals surface area contributed by atoms with E-state index in [0.29, 0.717) is 6.42 Å². The highest BCUT2D eigenvalue weighted by Gasteiger charge is 2.19. The van der Waals surface area contributed by atoms with Gasteiger partial charge in [0, 0.05) is 6.42 Å². The van der Waals surface area contributed by atoms with Gasteiger partial charge in [0.2, 0.25) is 0 Å². The van der Waals surface area contributed by atoms with Crippen LogP contribution in [-0.2, 0) is 4.79 Å². The average Bonchev–Trinajstić information content (AvgIpc) is 1.97. The molecule has 0 atom stereocenters. The zero-order chi connectivity index (χ0) is 13.0. The van der Waals surface area contributed by atoms with Crippen molar-refractivity contribution in [2.24, 2.45) is 10.8 Å². The van der Waals surface area contributed by atoms with Crippen LogP contribution < -0.4 is 0 Å². The summed E-state index contributed by atoms with van der Waals surface area (Å²) in [6.45, 7) is 15.3. The summed E-state index contributed by atoms with van der Waals surface area (Å²) in [5, 5.41) is 0. The summed E-state index contributed by atoms with van der Waals surface area (Å²) in [5.41, 5.74) is 1.81. The molecule has 0 N–H and O–H groups in total. The highest BCUT2D eigenvalue weighted by Crippen LogP contribution is 2.32. The van der Waals surface area contributed by atoms with Crippen LogP contribution in [0.1, 0.15) is 67.7 Å². The van der Waals surface area contributed by atoms with Crippen molar-refractivity contribution in [3.63, 3.8) is 0 Å². The van der Waals surface area contributed by atoms with Crippen LogP contribution in [0.25, 0.3) is 0 Å². The molecule has 0 aromatic carbocycles. The van der Waals surface area contributed by atoms with Crippen molar-refractivity contribution in [2.75, 3.05) is 0 Å². The van der Waals surface area contributed by atoms with Crippen LogP contribution in [0.3, 0.4) is 0 Å². The molecule has 0 bridgehead atoms. The monoisotopic (exact) mass is 224 g/mol. The lowest BCUT2D eigenvalue weighted by Gasteiger charge is -2.26. The van der Waals surface area contributed by atoms with Gasteiger partial charge in [-0.3, -0.25) is 4.79 Å². The normalized spacial score (nSPS) is 12.4. The quantitative estimate of drug-likeness (QED) is 0.629. The molecule has 0 aliphatic heterocycles. The minimum absolute atomic E-state index is 0.253. The van der Waals surface area contributed by atoms with Crippen LogP contribution in [0.5, 0.6) is 0 Å². The molecule has 0 unspecified atom stereocenters. The second kappa shape index (κ2) is 5.65. The van der Waals surface area contributed by atoms with E-state index < -0.39 is 0 Å². The van der Waals surface area contributed by atoms with Crippen LogP contribution in [0.2, 0.25) is 0 Å². The molecule has 0 fully saturated rings. The lowest BCUT2D eigenvalue weighted by Crippen LogP contribution is -2.13. The van der Waals surface area contributed by atoms with Crippen molar-refractivity contribution in [3.05, 3.63) is 11.6 Å². The zero-order valence-electron chi connectivity index (χ0n) is 12.1. The summed E-state index contributed by atoms with van der Waals surface area (Å²) >= 11 is 0. The number of ketones is 1. The van der Waals surface area contributed by atoms with Gasteiger partial charge in [-0.1, -0.05) is 54.0 Å². The van der Waals surface area contributed by atoms with E-state index in [1.165, 1.54) is 5.57 Å². The molecular weight excluding hydrogens is 196 g/mol. The highest BCUT2D eigenvalue weighted by atomic mass is 16.1. The summed E-state index contributed by atoms with van der Waals surface area (Å²) < 4.78 is 0. The molecule has 0 rings (SSSR count). The first-order valence-electron chi connectivity index (χ1n) is 6.26. The van der Waals surface area contributed by atoms with Crippen LogP contribution in [0.4, 0.5) is 0 Å². The highest BCUT2D eigenvalue weighted by molar-refractivity contribution is 5.90. The SMILES string of the molecule is CCC(=O)C=C(CC(C)(C)C)CC(C)(C)C. The minimum Gasteiger partial charge on any atom is -0.295 e. The Kier molecular flexibility index (Phi) is 5.44. The zero-order valence-corrected chi connectivity index (χ0v) is 12.1. The third-order valence-corrected chi connectivity index (χ3v) is 2.23. The van der Waals surface area contributed by atoms with E-state index >= 15 is 0 Å². The van der Waals surface area contributed by atoms with Gasteiger partial charge in [0.15, 0.2) is 5.78 Å². The second-order valence-corrected chi connectivity index (χ2v) is 7.10. The smallest absolute Gasteiger partial charge is 0.155 e. The Morgan fingerprint density at radius 2 is 1.31 bits per heavy atom. The summed E-state index contributed by atoms with van der Waals surface area (Å²) in [7, 11) is 0. The third kappa shape index (κ3) is 8.70. The van der Waals surface area contributed by atoms with Gasteiger partial charge in [-0.15, -0.1) is 0 Å². The van der Waals surface area contributed by atoms with Gasteiger partial charge in [0.05, 0.1) is 0 Å². The van der Waals surface area contributed by atoms with Crippen LogP contribution >= 0.6 is 0 Å². The molecule has 0 amide bonds. The Labute approximate surface area is 101 Å². The van der Waals surface area contributed by atoms with Crippen LogP contribution in [0, 0.1) is 10.8 Å². The largest absolute Gasteiger partial charge is 0.295 e. The molecule has 1 nitrogen and oxygen atoms in total. The predicted octanol–water partition coefficient (Wildman–Crippen LogP) is 4.76. The maximum atomic E-state index is 11.5. The van der Waals surface area contributed by atoms with E-state index in [1.807, 2.05) is 13.0 Å². The second-order valence-electron chi connectivity index (χ2n) is 7.10. The van der Waals surface area contributed by atoms with Gasteiger partial charge in [-0.05, 0) is 29.7 Å². The van der Waals surface area contributed by atoms with E-state index in [-0.39, 0.29) is 16.6 Å². The minimum atomic E-state index is 0.253. The Hall–Kier alpha value is -0.590. The molecule has 0 spiro atoms. The molecule has 0 saturated carbocycles. The van der Waals surface area contributed by atoms with Crippen molar-refractivity contribution in [1.29, 1.82) is 0 Å². The number of allylic oxidation sites excluding steroid dienone is 2. The van der Waals surface area contributed by atoms with Crippen molar-refractivity contribution < 1.29 is 4.79 Å². The van der Waals surface area contributed by atoms with Crippen molar-refractivity contribution >= 4 is 5.78 Å². The number of hydrogen-bond donors (Lipinski definition) is 0. The molecule has 0 aliphatic carbocycles. The van der Waals surface area contributed by atoms with Gasteiger partial charge in [0.1, 0.15) is 0 Å². The molecule has 94 valence electrons. The molecule has 0 aromatic rings. The summed E-state index contributed by atoms with van der Waals surface area (Å²) in [6.07, 6.45) is 4.50. The molecular formula is C15H28O. The molecule has 16 heavy (non-hydrogen) atoms. The van der Waals surface area contributed by atoms with Crippen molar-refractivity contribution in [3.8, 4) is 0 Å². The lowest BCUT2D eigenvalue weighted by atomic mass is 9.80. The fourth-order valence-electron chi connectivity index (χ4n) is 1.86. The lowest BCUT2D eigenvalue weighted by molar-refractivity contribution is -0.114. The van der Waals surface area contributed by atoms with Crippen LogP contribution in [0.15, 0.2) is 11.6 Å². The third-order valence-electron chi connectivity index (χ3n) is 2.23. The first-order chi connectivity index (χ1) is 7.03. The van der Waals surface area contributed by atoms with E-state index in [9.17, 15) is 4.79 Å². The molecule has 0 heterocycles. The molecule has 0 aliphatic rings. The van der Waals surface area contributed by atoms with Gasteiger partial charge >= 0.3 is 0 Å². The van der Waals surface area contributed by atoms with E-state index in [0.717, 1.165) is 12.8 Å². The van der Waals surface area contributed by atoms with Gasteiger partial charge < -0.3 is 0 Å². The van der Waals surface area contributed by atoms with E-state index in [4.69, 9.17) is 0 Å². The number of rotatable bonds is 4. The number of carbonyl (C=O) groups excluding carboxylic acids is 1. The molecule has 0 saturated heterocycles. The van der Waals surface area contributed by atoms with Gasteiger partial charge in [-0.25, -0.2) is 0 Å². The Balaban J connectivity index is 4.78. The predicted molar refractivity (Wildman–Crippen MR) is 71.5 cm³/mol. The Bertz CT molecular complexity index is 240. The number of carbonyl (C=O) groups is 1. The first kappa shape index (κ1) is 15.4. The van der Waals surface area contributed by atoms with Crippen molar-refractivity contribution in [2.45, 2.75) is 67.7 Å². The van der Waals surface area contributed by atoms with E-state index in [2.05, 4.69) is 41.5 Å². The summed E-state index contributed by atoms with van der Waals surface area (Å²) in [6, 6.07) is 0. The van der Waals surface area contributed by atoms with E-state index in [1.54, 1.807) is 0 Å². The summed E-state index contributed by atoms with van der Waals surface area (Å²) in [5.74, 6) is 0.253. The average molecular weight is 224 g/mol. The fraction of sp³-hybridized carbons (Fsp3) is 0.800. The van der Waals surface area contributed by atoms with Gasteiger partial charge in [-0.2, -0.15) is 0 Å². The number of hydrogen-bond acceptors (Lipinski definition) is 1. The Morgan fingerprint density at radius 1 is 0.938 bits per heavy atom. The topological polar surface area (TPSA) is 17.1 Å². The first-order valence-corrected chi connectivity index (χ1v) is 6.26. The maximum absolute atomic E-state index is 11.5. The van der Waals surface area contributed by atoms with Crippen LogP contribution in [-0.4, -0.2) is 5.78 Å². The standard InChI is InChI=1S/C15H28O/c1-8-13(16)9-12(10-14(2,3)4)11-15(5,6)7/h9H,8,10-11H2,1-7H3. The van der Waals surface area contributed by atoms with Crippen molar-refractivity contribution in [1.82, 2.24) is 0 Å². The molecule has 1 heteroatoms. The molecule has 0 radical (unpaired) electrons.